The van der Waals surface area contributed by atoms with Gasteiger partial charge in [0.05, 0.1) is 30.8 Å². The van der Waals surface area contributed by atoms with E-state index in [0.29, 0.717) is 25.5 Å². The maximum absolute atomic E-state index is 13.7. The topological polar surface area (TPSA) is 67.6 Å². The van der Waals surface area contributed by atoms with Crippen LogP contribution in [-0.4, -0.2) is 35.2 Å². The lowest BCUT2D eigenvalue weighted by atomic mass is 10.2. The van der Waals surface area contributed by atoms with Gasteiger partial charge in [-0.15, -0.1) is 0 Å². The third-order valence-electron chi connectivity index (χ3n) is 3.68. The molecular weight excluding hydrogens is 301 g/mol. The van der Waals surface area contributed by atoms with Crippen molar-refractivity contribution in [2.45, 2.75) is 25.5 Å². The Morgan fingerprint density at radius 3 is 3.09 bits per heavy atom. The highest BCUT2D eigenvalue weighted by Gasteiger charge is 2.24. The number of furan rings is 1. The minimum absolute atomic E-state index is 0.00185. The molecule has 6 nitrogen and oxygen atoms in total. The third kappa shape index (κ3) is 4.07. The van der Waals surface area contributed by atoms with Crippen molar-refractivity contribution in [2.24, 2.45) is 0 Å². The van der Waals surface area contributed by atoms with Gasteiger partial charge in [0.15, 0.2) is 5.82 Å². The molecule has 2 aromatic rings. The minimum atomic E-state index is -0.573. The lowest BCUT2D eigenvalue weighted by Gasteiger charge is -2.25. The number of pyridine rings is 1. The lowest BCUT2D eigenvalue weighted by Crippen LogP contribution is -2.39. The van der Waals surface area contributed by atoms with Crippen LogP contribution in [0.4, 0.5) is 14.9 Å². The molecule has 0 aliphatic carbocycles. The number of ether oxygens (including phenoxy) is 1. The Balaban J connectivity index is 1.70. The Morgan fingerprint density at radius 2 is 2.39 bits per heavy atom. The number of anilines is 1. The number of hydrogen-bond donors (Lipinski definition) is 1. The first-order chi connectivity index (χ1) is 11.2. The van der Waals surface area contributed by atoms with Crippen LogP contribution in [0, 0.1) is 5.82 Å². The second-order valence-corrected chi connectivity index (χ2v) is 5.38. The van der Waals surface area contributed by atoms with Gasteiger partial charge in [-0.2, -0.15) is 0 Å². The lowest BCUT2D eigenvalue weighted by molar-refractivity contribution is 0.0802. The standard InChI is InChI=1S/C16H18FN3O3/c17-14-9-18-6-5-15(14)19-16(21)20(10-12-3-1-7-22-12)11-13-4-2-8-23-13/h1,3,5-7,9,13H,2,4,8,10-11H2,(H,18,19,21)/t13-/m1/s1. The molecule has 1 aliphatic heterocycles. The maximum Gasteiger partial charge on any atom is 0.322 e. The Labute approximate surface area is 133 Å². The summed E-state index contributed by atoms with van der Waals surface area (Å²) in [6, 6.07) is 4.58. The summed E-state index contributed by atoms with van der Waals surface area (Å²) in [4.78, 5) is 17.7. The number of carbonyl (C=O) groups excluding carboxylic acids is 1. The molecule has 1 aliphatic rings. The summed E-state index contributed by atoms with van der Waals surface area (Å²) in [6.45, 7) is 1.44. The summed E-state index contributed by atoms with van der Waals surface area (Å²) in [7, 11) is 0. The molecule has 23 heavy (non-hydrogen) atoms. The molecule has 0 unspecified atom stereocenters. The SMILES string of the molecule is O=C(Nc1ccncc1F)N(Cc1ccco1)C[C@H]1CCCO1. The quantitative estimate of drug-likeness (QED) is 0.920. The van der Waals surface area contributed by atoms with Crippen LogP contribution in [0.1, 0.15) is 18.6 Å². The molecule has 1 N–H and O–H groups in total. The number of hydrogen-bond acceptors (Lipinski definition) is 4. The van der Waals surface area contributed by atoms with E-state index in [1.165, 1.54) is 12.3 Å². The molecule has 2 amide bonds. The highest BCUT2D eigenvalue weighted by atomic mass is 19.1. The van der Waals surface area contributed by atoms with Gasteiger partial charge in [0.25, 0.3) is 0 Å². The molecule has 0 spiro atoms. The zero-order chi connectivity index (χ0) is 16.1. The summed E-state index contributed by atoms with van der Waals surface area (Å²) >= 11 is 0. The van der Waals surface area contributed by atoms with Crippen molar-refractivity contribution in [3.63, 3.8) is 0 Å². The molecule has 3 rings (SSSR count). The van der Waals surface area contributed by atoms with Crippen molar-refractivity contribution < 1.29 is 18.3 Å². The largest absolute Gasteiger partial charge is 0.467 e. The van der Waals surface area contributed by atoms with E-state index >= 15 is 0 Å². The van der Waals surface area contributed by atoms with Gasteiger partial charge in [0, 0.05) is 19.3 Å². The molecule has 0 bridgehead atoms. The van der Waals surface area contributed by atoms with Crippen LogP contribution < -0.4 is 5.32 Å². The number of amides is 2. The molecule has 7 heteroatoms. The summed E-state index contributed by atoms with van der Waals surface area (Å²) < 4.78 is 24.6. The van der Waals surface area contributed by atoms with Gasteiger partial charge >= 0.3 is 6.03 Å². The van der Waals surface area contributed by atoms with Gasteiger partial charge in [-0.25, -0.2) is 9.18 Å². The molecule has 0 radical (unpaired) electrons. The minimum Gasteiger partial charge on any atom is -0.467 e. The summed E-state index contributed by atoms with van der Waals surface area (Å²) in [6.07, 6.45) is 5.94. The van der Waals surface area contributed by atoms with Crippen LogP contribution in [0.15, 0.2) is 41.3 Å². The zero-order valence-corrected chi connectivity index (χ0v) is 12.6. The maximum atomic E-state index is 13.7. The molecular formula is C16H18FN3O3. The van der Waals surface area contributed by atoms with E-state index < -0.39 is 11.8 Å². The van der Waals surface area contributed by atoms with Crippen LogP contribution in [0.25, 0.3) is 0 Å². The molecule has 122 valence electrons. The fourth-order valence-electron chi connectivity index (χ4n) is 2.51. The number of aromatic nitrogens is 1. The predicted octanol–water partition coefficient (Wildman–Crippen LogP) is 3.03. The van der Waals surface area contributed by atoms with Gasteiger partial charge < -0.3 is 19.4 Å². The third-order valence-corrected chi connectivity index (χ3v) is 3.68. The van der Waals surface area contributed by atoms with E-state index in [9.17, 15) is 9.18 Å². The van der Waals surface area contributed by atoms with E-state index in [0.717, 1.165) is 19.0 Å². The summed E-state index contributed by atoms with van der Waals surface area (Å²) in [5.41, 5.74) is 0.0989. The fraction of sp³-hybridized carbons (Fsp3) is 0.375. The number of halogens is 1. The van der Waals surface area contributed by atoms with E-state index in [4.69, 9.17) is 9.15 Å². The molecule has 1 saturated heterocycles. The number of urea groups is 1. The van der Waals surface area contributed by atoms with Crippen LogP contribution in [-0.2, 0) is 11.3 Å². The Bertz CT molecular complexity index is 642. The van der Waals surface area contributed by atoms with E-state index in [1.54, 1.807) is 23.3 Å². The number of carbonyl (C=O) groups is 1. The first kappa shape index (κ1) is 15.5. The van der Waals surface area contributed by atoms with Crippen molar-refractivity contribution in [2.75, 3.05) is 18.5 Å². The van der Waals surface area contributed by atoms with Crippen LogP contribution in [0.5, 0.6) is 0 Å². The second-order valence-electron chi connectivity index (χ2n) is 5.38. The normalized spacial score (nSPS) is 17.2. The Morgan fingerprint density at radius 1 is 1.48 bits per heavy atom. The summed E-state index contributed by atoms with van der Waals surface area (Å²) in [5.74, 6) is 0.0873. The first-order valence-electron chi connectivity index (χ1n) is 7.52. The van der Waals surface area contributed by atoms with Crippen molar-refractivity contribution in [3.05, 3.63) is 48.4 Å². The van der Waals surface area contributed by atoms with E-state index in [2.05, 4.69) is 10.3 Å². The number of nitrogens with one attached hydrogen (secondary N) is 1. The van der Waals surface area contributed by atoms with E-state index in [-0.39, 0.29) is 11.8 Å². The average molecular weight is 319 g/mol. The van der Waals surface area contributed by atoms with E-state index in [1.807, 2.05) is 0 Å². The second kappa shape index (κ2) is 7.23. The van der Waals surface area contributed by atoms with Crippen LogP contribution >= 0.6 is 0 Å². The van der Waals surface area contributed by atoms with Crippen molar-refractivity contribution in [1.82, 2.24) is 9.88 Å². The Kier molecular flexibility index (Phi) is 4.87. The first-order valence-corrected chi connectivity index (χ1v) is 7.52. The molecule has 2 aromatic heterocycles. The Hall–Kier alpha value is -2.41. The van der Waals surface area contributed by atoms with Gasteiger partial charge in [-0.05, 0) is 31.0 Å². The fourth-order valence-corrected chi connectivity index (χ4v) is 2.51. The van der Waals surface area contributed by atoms with Crippen molar-refractivity contribution in [1.29, 1.82) is 0 Å². The smallest absolute Gasteiger partial charge is 0.322 e. The highest BCUT2D eigenvalue weighted by molar-refractivity contribution is 5.89. The molecule has 1 atom stereocenters. The van der Waals surface area contributed by atoms with Gasteiger partial charge in [0.1, 0.15) is 5.76 Å². The van der Waals surface area contributed by atoms with Gasteiger partial charge in [-0.3, -0.25) is 4.98 Å². The van der Waals surface area contributed by atoms with Crippen LogP contribution in [0.2, 0.25) is 0 Å². The summed E-state index contributed by atoms with van der Waals surface area (Å²) in [5, 5.41) is 2.57. The average Bonchev–Trinajstić information content (AvgIpc) is 3.22. The monoisotopic (exact) mass is 319 g/mol. The molecule has 0 aromatic carbocycles. The van der Waals surface area contributed by atoms with Crippen LogP contribution in [0.3, 0.4) is 0 Å². The van der Waals surface area contributed by atoms with Gasteiger partial charge in [-0.1, -0.05) is 0 Å². The zero-order valence-electron chi connectivity index (χ0n) is 12.6. The van der Waals surface area contributed by atoms with Crippen molar-refractivity contribution >= 4 is 11.7 Å². The number of rotatable bonds is 5. The van der Waals surface area contributed by atoms with Crippen molar-refractivity contribution in [3.8, 4) is 0 Å². The highest BCUT2D eigenvalue weighted by Crippen LogP contribution is 2.17. The van der Waals surface area contributed by atoms with Gasteiger partial charge in [0.2, 0.25) is 0 Å². The predicted molar refractivity (Wildman–Crippen MR) is 81.3 cm³/mol. The number of nitrogens with zero attached hydrogens (tertiary/aromatic N) is 2. The molecule has 3 heterocycles. The molecule has 0 saturated carbocycles. The molecule has 1 fully saturated rings.